The maximum atomic E-state index is 12.4. The van der Waals surface area contributed by atoms with Crippen molar-refractivity contribution in [1.29, 1.82) is 5.26 Å². The van der Waals surface area contributed by atoms with E-state index in [2.05, 4.69) is 16.8 Å². The average Bonchev–Trinajstić information content (AvgIpc) is 2.57. The van der Waals surface area contributed by atoms with Crippen molar-refractivity contribution in [2.45, 2.75) is 40.2 Å². The number of carbonyl (C=O) groups excluding carboxylic acids is 1. The number of amides is 1. The molecule has 0 aliphatic carbocycles. The summed E-state index contributed by atoms with van der Waals surface area (Å²) in [5.74, 6) is -0.351. The van der Waals surface area contributed by atoms with Gasteiger partial charge in [-0.15, -0.1) is 0 Å². The summed E-state index contributed by atoms with van der Waals surface area (Å²) in [5, 5.41) is 12.3. The standard InChI is InChI=1S/C20H31N3O2/c1-6-7-8-16(2)17(3)22-19(24)18(14-21)13-20(4,5)15-23-9-11-25-12-10-23/h7-8,13,17H,2,6,9-12,15H2,1,3-5H3,(H,22,24)/b8-7-,18-13+. The van der Waals surface area contributed by atoms with Crippen LogP contribution in [-0.4, -0.2) is 49.7 Å². The van der Waals surface area contributed by atoms with Crippen molar-refractivity contribution in [3.63, 3.8) is 0 Å². The number of hydrogen-bond donors (Lipinski definition) is 1. The van der Waals surface area contributed by atoms with Crippen molar-refractivity contribution in [2.75, 3.05) is 32.8 Å². The summed E-state index contributed by atoms with van der Waals surface area (Å²) in [4.78, 5) is 14.7. The molecule has 1 fully saturated rings. The van der Waals surface area contributed by atoms with Crippen molar-refractivity contribution in [3.8, 4) is 6.07 Å². The molecule has 1 atom stereocenters. The molecule has 0 aromatic rings. The molecule has 1 saturated heterocycles. The second-order valence-corrected chi connectivity index (χ2v) is 7.13. The van der Waals surface area contributed by atoms with E-state index < -0.39 is 0 Å². The normalized spacial score (nSPS) is 18.0. The van der Waals surface area contributed by atoms with Gasteiger partial charge in [0.05, 0.1) is 19.3 Å². The van der Waals surface area contributed by atoms with E-state index in [4.69, 9.17) is 4.74 Å². The summed E-state index contributed by atoms with van der Waals surface area (Å²) < 4.78 is 5.36. The van der Waals surface area contributed by atoms with Crippen LogP contribution in [-0.2, 0) is 9.53 Å². The first kappa shape index (κ1) is 21.1. The molecule has 0 spiro atoms. The molecular weight excluding hydrogens is 314 g/mol. The van der Waals surface area contributed by atoms with E-state index in [0.717, 1.165) is 44.8 Å². The van der Waals surface area contributed by atoms with Gasteiger partial charge < -0.3 is 10.1 Å². The van der Waals surface area contributed by atoms with Crippen molar-refractivity contribution >= 4 is 5.91 Å². The molecule has 0 aromatic carbocycles. The number of allylic oxidation sites excluding steroid dienone is 1. The fraction of sp³-hybridized carbons (Fsp3) is 0.600. The SMILES string of the molecule is C=C(/C=C\CC)C(C)NC(=O)/C(C#N)=C/C(C)(C)CN1CCOCC1. The van der Waals surface area contributed by atoms with Gasteiger partial charge in [-0.25, -0.2) is 0 Å². The van der Waals surface area contributed by atoms with E-state index in [1.165, 1.54) is 0 Å². The highest BCUT2D eigenvalue weighted by molar-refractivity contribution is 5.97. The summed E-state index contributed by atoms with van der Waals surface area (Å²) in [7, 11) is 0. The molecule has 1 aliphatic rings. The second-order valence-electron chi connectivity index (χ2n) is 7.13. The lowest BCUT2D eigenvalue weighted by atomic mass is 9.89. The molecule has 1 rings (SSSR count). The average molecular weight is 345 g/mol. The predicted molar refractivity (Wildman–Crippen MR) is 101 cm³/mol. The number of rotatable bonds is 8. The monoisotopic (exact) mass is 345 g/mol. The van der Waals surface area contributed by atoms with Crippen LogP contribution < -0.4 is 5.32 Å². The molecule has 5 heteroatoms. The Morgan fingerprint density at radius 1 is 1.44 bits per heavy atom. The zero-order valence-electron chi connectivity index (χ0n) is 16.0. The highest BCUT2D eigenvalue weighted by Gasteiger charge is 2.24. The summed E-state index contributed by atoms with van der Waals surface area (Å²) in [5.41, 5.74) is 0.694. The zero-order chi connectivity index (χ0) is 18.9. The molecular formula is C20H31N3O2. The lowest BCUT2D eigenvalue weighted by Gasteiger charge is -2.33. The molecule has 25 heavy (non-hydrogen) atoms. The van der Waals surface area contributed by atoms with Crippen LogP contribution in [0.4, 0.5) is 0 Å². The van der Waals surface area contributed by atoms with Gasteiger partial charge in [0, 0.05) is 19.6 Å². The Kier molecular flexibility index (Phi) is 8.60. The van der Waals surface area contributed by atoms with Crippen LogP contribution in [0.1, 0.15) is 34.1 Å². The molecule has 0 radical (unpaired) electrons. The van der Waals surface area contributed by atoms with E-state index in [0.29, 0.717) is 0 Å². The van der Waals surface area contributed by atoms with Gasteiger partial charge in [0.25, 0.3) is 5.91 Å². The lowest BCUT2D eigenvalue weighted by Crippen LogP contribution is -2.42. The van der Waals surface area contributed by atoms with Gasteiger partial charge in [-0.05, 0) is 24.3 Å². The van der Waals surface area contributed by atoms with Crippen LogP contribution in [0.15, 0.2) is 36.0 Å². The van der Waals surface area contributed by atoms with Gasteiger partial charge in [-0.2, -0.15) is 5.26 Å². The van der Waals surface area contributed by atoms with Crippen molar-refractivity contribution in [3.05, 3.63) is 36.0 Å². The van der Waals surface area contributed by atoms with E-state index in [1.807, 2.05) is 45.9 Å². The van der Waals surface area contributed by atoms with E-state index in [9.17, 15) is 10.1 Å². The zero-order valence-corrected chi connectivity index (χ0v) is 16.0. The number of carbonyl (C=O) groups is 1. The molecule has 0 saturated carbocycles. The van der Waals surface area contributed by atoms with Crippen LogP contribution >= 0.6 is 0 Å². The smallest absolute Gasteiger partial charge is 0.262 e. The van der Waals surface area contributed by atoms with Gasteiger partial charge in [-0.1, -0.05) is 45.6 Å². The Labute approximate surface area is 152 Å². The Balaban J connectivity index is 2.72. The maximum Gasteiger partial charge on any atom is 0.262 e. The molecule has 138 valence electrons. The van der Waals surface area contributed by atoms with E-state index in [-0.39, 0.29) is 22.9 Å². The highest BCUT2D eigenvalue weighted by Crippen LogP contribution is 2.22. The molecule has 1 amide bonds. The summed E-state index contributed by atoms with van der Waals surface area (Å²) in [6.07, 6.45) is 6.59. The van der Waals surface area contributed by atoms with E-state index >= 15 is 0 Å². The predicted octanol–water partition coefficient (Wildman–Crippen LogP) is 2.82. The third kappa shape index (κ3) is 7.68. The summed E-state index contributed by atoms with van der Waals surface area (Å²) in [6.45, 7) is 16.0. The minimum Gasteiger partial charge on any atom is -0.379 e. The fourth-order valence-corrected chi connectivity index (χ4v) is 2.70. The third-order valence-electron chi connectivity index (χ3n) is 4.11. The number of ether oxygens (including phenoxy) is 1. The maximum absolute atomic E-state index is 12.4. The van der Waals surface area contributed by atoms with Gasteiger partial charge in [0.15, 0.2) is 0 Å². The number of morpholine rings is 1. The molecule has 1 N–H and O–H groups in total. The van der Waals surface area contributed by atoms with E-state index in [1.54, 1.807) is 6.08 Å². The molecule has 1 heterocycles. The van der Waals surface area contributed by atoms with Crippen molar-refractivity contribution in [1.82, 2.24) is 10.2 Å². The Hall–Kier alpha value is -1.90. The van der Waals surface area contributed by atoms with Crippen LogP contribution in [0.5, 0.6) is 0 Å². The highest BCUT2D eigenvalue weighted by atomic mass is 16.5. The molecule has 5 nitrogen and oxygen atoms in total. The Morgan fingerprint density at radius 3 is 2.64 bits per heavy atom. The Bertz CT molecular complexity index is 564. The van der Waals surface area contributed by atoms with Crippen LogP contribution in [0.25, 0.3) is 0 Å². The first-order valence-electron chi connectivity index (χ1n) is 8.88. The molecule has 1 unspecified atom stereocenters. The number of hydrogen-bond acceptors (Lipinski definition) is 4. The first-order chi connectivity index (χ1) is 11.8. The van der Waals surface area contributed by atoms with Gasteiger partial charge in [0.1, 0.15) is 11.6 Å². The van der Waals surface area contributed by atoms with Crippen LogP contribution in [0.3, 0.4) is 0 Å². The van der Waals surface area contributed by atoms with Crippen molar-refractivity contribution in [2.24, 2.45) is 5.41 Å². The molecule has 0 aromatic heterocycles. The Morgan fingerprint density at radius 2 is 2.08 bits per heavy atom. The lowest BCUT2D eigenvalue weighted by molar-refractivity contribution is -0.117. The summed E-state index contributed by atoms with van der Waals surface area (Å²) in [6, 6.07) is 1.83. The fourth-order valence-electron chi connectivity index (χ4n) is 2.70. The number of nitrogens with one attached hydrogen (secondary N) is 1. The number of nitrogens with zero attached hydrogens (tertiary/aromatic N) is 2. The van der Waals surface area contributed by atoms with Crippen LogP contribution in [0, 0.1) is 16.7 Å². The molecule has 0 bridgehead atoms. The topological polar surface area (TPSA) is 65.4 Å². The van der Waals surface area contributed by atoms with Gasteiger partial charge >= 0.3 is 0 Å². The van der Waals surface area contributed by atoms with Crippen molar-refractivity contribution < 1.29 is 9.53 Å². The number of nitriles is 1. The quantitative estimate of drug-likeness (QED) is 0.417. The minimum absolute atomic E-state index is 0.150. The minimum atomic E-state index is -0.351. The largest absolute Gasteiger partial charge is 0.379 e. The first-order valence-corrected chi connectivity index (χ1v) is 8.88. The van der Waals surface area contributed by atoms with Gasteiger partial charge in [0.2, 0.25) is 0 Å². The third-order valence-corrected chi connectivity index (χ3v) is 4.11. The molecule has 1 aliphatic heterocycles. The second kappa shape index (κ2) is 10.2. The van der Waals surface area contributed by atoms with Crippen LogP contribution in [0.2, 0.25) is 0 Å². The van der Waals surface area contributed by atoms with Gasteiger partial charge in [-0.3, -0.25) is 9.69 Å². The summed E-state index contributed by atoms with van der Waals surface area (Å²) >= 11 is 0.